The molecule has 0 amide bonds. The van der Waals surface area contributed by atoms with E-state index in [-0.39, 0.29) is 11.8 Å². The van der Waals surface area contributed by atoms with Crippen LogP contribution in [0.4, 0.5) is 0 Å². The summed E-state index contributed by atoms with van der Waals surface area (Å²) < 4.78 is 5.61. The highest BCUT2D eigenvalue weighted by Gasteiger charge is 2.08. The maximum absolute atomic E-state index is 8.57. The lowest BCUT2D eigenvalue weighted by Crippen LogP contribution is -2.26. The van der Waals surface area contributed by atoms with Crippen LogP contribution in [-0.2, 0) is 0 Å². The molecule has 0 heterocycles. The van der Waals surface area contributed by atoms with E-state index in [0.29, 0.717) is 6.61 Å². The molecule has 0 aliphatic carbocycles. The summed E-state index contributed by atoms with van der Waals surface area (Å²) >= 11 is 0. The van der Waals surface area contributed by atoms with Crippen molar-refractivity contribution >= 4 is 5.84 Å². The molecule has 0 saturated carbocycles. The summed E-state index contributed by atoms with van der Waals surface area (Å²) in [4.78, 5) is 0. The number of oxime groups is 1. The van der Waals surface area contributed by atoms with Gasteiger partial charge in [-0.3, -0.25) is 0 Å². The summed E-state index contributed by atoms with van der Waals surface area (Å²) in [6, 6.07) is 18.0. The molecule has 0 bridgehead atoms. The molecule has 104 valence electrons. The molecule has 1 unspecified atom stereocenters. The molecule has 0 aromatic heterocycles. The molecule has 20 heavy (non-hydrogen) atoms. The molecule has 1 atom stereocenters. The lowest BCUT2D eigenvalue weighted by molar-refractivity contribution is 0.279. The number of nitrogens with two attached hydrogens (primary N) is 1. The summed E-state index contributed by atoms with van der Waals surface area (Å²) in [7, 11) is 0. The van der Waals surface area contributed by atoms with Gasteiger partial charge in [-0.05, 0) is 23.3 Å². The third-order valence-electron chi connectivity index (χ3n) is 3.08. The molecule has 2 rings (SSSR count). The quantitative estimate of drug-likeness (QED) is 0.379. The van der Waals surface area contributed by atoms with Gasteiger partial charge in [0.2, 0.25) is 0 Å². The Hall–Kier alpha value is -2.49. The van der Waals surface area contributed by atoms with Crippen LogP contribution in [0.2, 0.25) is 0 Å². The van der Waals surface area contributed by atoms with Crippen LogP contribution < -0.4 is 10.5 Å². The van der Waals surface area contributed by atoms with Crippen LogP contribution in [0.5, 0.6) is 5.75 Å². The van der Waals surface area contributed by atoms with E-state index in [0.717, 1.165) is 11.3 Å². The van der Waals surface area contributed by atoms with Gasteiger partial charge in [0, 0.05) is 0 Å². The molecular formula is C16H18N2O2. The van der Waals surface area contributed by atoms with Gasteiger partial charge >= 0.3 is 0 Å². The van der Waals surface area contributed by atoms with Crippen LogP contribution in [0.25, 0.3) is 11.1 Å². The molecule has 0 spiro atoms. The topological polar surface area (TPSA) is 67.8 Å². The van der Waals surface area contributed by atoms with Gasteiger partial charge in [0.15, 0.2) is 0 Å². The first-order valence-corrected chi connectivity index (χ1v) is 6.46. The fourth-order valence-corrected chi connectivity index (χ4v) is 1.78. The first kappa shape index (κ1) is 13.9. The Morgan fingerprint density at radius 3 is 2.30 bits per heavy atom. The monoisotopic (exact) mass is 270 g/mol. The average molecular weight is 270 g/mol. The van der Waals surface area contributed by atoms with E-state index in [4.69, 9.17) is 15.7 Å². The molecule has 3 N–H and O–H groups in total. The zero-order valence-electron chi connectivity index (χ0n) is 11.4. The standard InChI is InChI=1S/C16H18N2O2/c1-12(16(17)18-19)11-20-15-9-7-14(8-10-15)13-5-3-2-4-6-13/h2-10,12,19H,11H2,1H3,(H2,17,18). The van der Waals surface area contributed by atoms with Crippen molar-refractivity contribution < 1.29 is 9.94 Å². The normalized spacial score (nSPS) is 12.9. The maximum atomic E-state index is 8.57. The van der Waals surface area contributed by atoms with Gasteiger partial charge in [0.1, 0.15) is 11.6 Å². The third kappa shape index (κ3) is 3.51. The Kier molecular flexibility index (Phi) is 4.60. The molecule has 0 aliphatic rings. The van der Waals surface area contributed by atoms with Crippen LogP contribution in [-0.4, -0.2) is 17.6 Å². The number of nitrogens with zero attached hydrogens (tertiary/aromatic N) is 1. The predicted octanol–water partition coefficient (Wildman–Crippen LogP) is 3.11. The van der Waals surface area contributed by atoms with E-state index in [9.17, 15) is 0 Å². The average Bonchev–Trinajstić information content (AvgIpc) is 2.53. The Morgan fingerprint density at radius 1 is 1.10 bits per heavy atom. The fourth-order valence-electron chi connectivity index (χ4n) is 1.78. The van der Waals surface area contributed by atoms with Gasteiger partial charge < -0.3 is 15.7 Å². The van der Waals surface area contributed by atoms with Gasteiger partial charge in [-0.15, -0.1) is 0 Å². The minimum Gasteiger partial charge on any atom is -0.493 e. The lowest BCUT2D eigenvalue weighted by atomic mass is 10.1. The summed E-state index contributed by atoms with van der Waals surface area (Å²) in [5.74, 6) is 0.807. The number of ether oxygens (including phenoxy) is 1. The zero-order chi connectivity index (χ0) is 14.4. The number of amidine groups is 1. The van der Waals surface area contributed by atoms with Crippen LogP contribution in [0, 0.1) is 5.92 Å². The molecule has 0 aliphatic heterocycles. The number of benzene rings is 2. The van der Waals surface area contributed by atoms with Crippen molar-refractivity contribution in [2.45, 2.75) is 6.92 Å². The molecule has 0 fully saturated rings. The van der Waals surface area contributed by atoms with Crippen molar-refractivity contribution in [2.24, 2.45) is 16.8 Å². The minimum absolute atomic E-state index is 0.131. The van der Waals surface area contributed by atoms with Gasteiger partial charge in [-0.25, -0.2) is 0 Å². The highest BCUT2D eigenvalue weighted by atomic mass is 16.5. The molecule has 4 nitrogen and oxygen atoms in total. The first-order valence-electron chi connectivity index (χ1n) is 6.46. The lowest BCUT2D eigenvalue weighted by Gasteiger charge is -2.12. The fraction of sp³-hybridized carbons (Fsp3) is 0.188. The van der Waals surface area contributed by atoms with Gasteiger partial charge in [0.25, 0.3) is 0 Å². The smallest absolute Gasteiger partial charge is 0.145 e. The molecule has 2 aromatic carbocycles. The number of rotatable bonds is 5. The SMILES string of the molecule is CC(COc1ccc(-c2ccccc2)cc1)/C(N)=N/O. The van der Waals surface area contributed by atoms with E-state index >= 15 is 0 Å². The van der Waals surface area contributed by atoms with Crippen molar-refractivity contribution in [1.29, 1.82) is 0 Å². The Labute approximate surface area is 118 Å². The highest BCUT2D eigenvalue weighted by Crippen LogP contribution is 2.22. The number of hydrogen-bond acceptors (Lipinski definition) is 3. The summed E-state index contributed by atoms with van der Waals surface area (Å²) in [5.41, 5.74) is 7.81. The van der Waals surface area contributed by atoms with Crippen LogP contribution >= 0.6 is 0 Å². The van der Waals surface area contributed by atoms with Crippen molar-refractivity contribution in [3.63, 3.8) is 0 Å². The summed E-state index contributed by atoms with van der Waals surface area (Å²) in [6.45, 7) is 2.22. The Morgan fingerprint density at radius 2 is 1.70 bits per heavy atom. The second-order valence-corrected chi connectivity index (χ2v) is 4.63. The van der Waals surface area contributed by atoms with Crippen molar-refractivity contribution in [3.8, 4) is 16.9 Å². The minimum atomic E-state index is -0.131. The second kappa shape index (κ2) is 6.61. The van der Waals surface area contributed by atoms with E-state index in [1.807, 2.05) is 49.4 Å². The largest absolute Gasteiger partial charge is 0.493 e. The molecule has 0 radical (unpaired) electrons. The van der Waals surface area contributed by atoms with Crippen molar-refractivity contribution in [1.82, 2.24) is 0 Å². The first-order chi connectivity index (χ1) is 9.70. The Balaban J connectivity index is 1.99. The molecule has 4 heteroatoms. The van der Waals surface area contributed by atoms with Crippen molar-refractivity contribution in [2.75, 3.05) is 6.61 Å². The van der Waals surface area contributed by atoms with E-state index in [1.54, 1.807) is 0 Å². The van der Waals surface area contributed by atoms with E-state index in [1.165, 1.54) is 5.56 Å². The van der Waals surface area contributed by atoms with Crippen LogP contribution in [0.15, 0.2) is 59.8 Å². The molecule has 0 saturated heterocycles. The highest BCUT2D eigenvalue weighted by molar-refractivity contribution is 5.81. The maximum Gasteiger partial charge on any atom is 0.145 e. The zero-order valence-corrected chi connectivity index (χ0v) is 11.4. The second-order valence-electron chi connectivity index (χ2n) is 4.63. The van der Waals surface area contributed by atoms with E-state index in [2.05, 4.69) is 17.3 Å². The van der Waals surface area contributed by atoms with Gasteiger partial charge in [-0.2, -0.15) is 0 Å². The summed E-state index contributed by atoms with van der Waals surface area (Å²) in [5, 5.41) is 11.5. The van der Waals surface area contributed by atoms with Crippen molar-refractivity contribution in [3.05, 3.63) is 54.6 Å². The predicted molar refractivity (Wildman–Crippen MR) is 79.9 cm³/mol. The molecular weight excluding hydrogens is 252 g/mol. The molecule has 2 aromatic rings. The van der Waals surface area contributed by atoms with E-state index < -0.39 is 0 Å². The van der Waals surface area contributed by atoms with Gasteiger partial charge in [0.05, 0.1) is 12.5 Å². The Bertz CT molecular complexity index is 565. The van der Waals surface area contributed by atoms with Crippen LogP contribution in [0.3, 0.4) is 0 Å². The van der Waals surface area contributed by atoms with Crippen LogP contribution in [0.1, 0.15) is 6.92 Å². The third-order valence-corrected chi connectivity index (χ3v) is 3.08. The number of hydrogen-bond donors (Lipinski definition) is 2. The van der Waals surface area contributed by atoms with Gasteiger partial charge in [-0.1, -0.05) is 54.5 Å². The summed E-state index contributed by atoms with van der Waals surface area (Å²) in [6.07, 6.45) is 0.